The molecule has 0 aliphatic heterocycles. The summed E-state index contributed by atoms with van der Waals surface area (Å²) in [6.07, 6.45) is 1.53. The van der Waals surface area contributed by atoms with E-state index in [1.807, 2.05) is 43.3 Å². The molecule has 0 bridgehead atoms. The number of methoxy groups -OCH3 is 1. The number of nitrogens with zero attached hydrogens (tertiary/aromatic N) is 3. The molecule has 146 valence electrons. The minimum absolute atomic E-state index is 0.225. The Bertz CT molecular complexity index is 1250. The molecule has 2 heterocycles. The molecule has 0 atom stereocenters. The third kappa shape index (κ3) is 3.93. The Balaban J connectivity index is 1.60. The van der Waals surface area contributed by atoms with Gasteiger partial charge in [0.2, 0.25) is 0 Å². The van der Waals surface area contributed by atoms with Gasteiger partial charge >= 0.3 is 5.97 Å². The number of thioether (sulfide) groups is 1. The van der Waals surface area contributed by atoms with Crippen molar-refractivity contribution in [3.05, 3.63) is 81.8 Å². The first-order chi connectivity index (χ1) is 14.0. The number of fused-ring (bicyclic) bond motifs is 1. The maximum absolute atomic E-state index is 12.5. The van der Waals surface area contributed by atoms with Crippen molar-refractivity contribution < 1.29 is 9.53 Å². The highest BCUT2D eigenvalue weighted by Gasteiger charge is 2.12. The topological polar surface area (TPSA) is 89.9 Å². The second-order valence-electron chi connectivity index (χ2n) is 6.48. The van der Waals surface area contributed by atoms with E-state index in [-0.39, 0.29) is 11.5 Å². The largest absolute Gasteiger partial charge is 0.465 e. The smallest absolute Gasteiger partial charge is 0.337 e. The maximum atomic E-state index is 12.5. The fourth-order valence-electron chi connectivity index (χ4n) is 2.92. The normalized spacial score (nSPS) is 11.0. The monoisotopic (exact) mass is 406 g/mol. The zero-order valence-corrected chi connectivity index (χ0v) is 16.7. The summed E-state index contributed by atoms with van der Waals surface area (Å²) in [6.45, 7) is 2.00. The average molecular weight is 406 g/mol. The van der Waals surface area contributed by atoms with Gasteiger partial charge in [0.25, 0.3) is 5.56 Å². The van der Waals surface area contributed by atoms with Crippen molar-refractivity contribution in [2.75, 3.05) is 7.11 Å². The molecule has 4 rings (SSSR count). The van der Waals surface area contributed by atoms with E-state index in [4.69, 9.17) is 4.74 Å². The lowest BCUT2D eigenvalue weighted by Crippen LogP contribution is -2.09. The number of hydrogen-bond acceptors (Lipinski definition) is 6. The fourth-order valence-corrected chi connectivity index (χ4v) is 3.73. The molecule has 2 aromatic carbocycles. The second kappa shape index (κ2) is 7.92. The molecule has 1 N–H and O–H groups in total. The van der Waals surface area contributed by atoms with Crippen LogP contribution in [-0.2, 0) is 10.5 Å². The van der Waals surface area contributed by atoms with E-state index >= 15 is 0 Å². The van der Waals surface area contributed by atoms with Gasteiger partial charge in [0.15, 0.2) is 10.8 Å². The van der Waals surface area contributed by atoms with Gasteiger partial charge in [0, 0.05) is 5.75 Å². The summed E-state index contributed by atoms with van der Waals surface area (Å²) < 4.78 is 6.38. The van der Waals surface area contributed by atoms with Gasteiger partial charge in [-0.1, -0.05) is 36.0 Å². The van der Waals surface area contributed by atoms with Crippen molar-refractivity contribution in [2.45, 2.75) is 17.8 Å². The Morgan fingerprint density at radius 2 is 2.00 bits per heavy atom. The van der Waals surface area contributed by atoms with Crippen LogP contribution >= 0.6 is 11.8 Å². The van der Waals surface area contributed by atoms with E-state index in [0.29, 0.717) is 27.5 Å². The van der Waals surface area contributed by atoms with Gasteiger partial charge < -0.3 is 9.72 Å². The summed E-state index contributed by atoms with van der Waals surface area (Å²) in [5.41, 5.74) is 3.74. The van der Waals surface area contributed by atoms with E-state index in [2.05, 4.69) is 15.1 Å². The molecule has 0 aliphatic rings. The molecule has 0 fully saturated rings. The molecular weight excluding hydrogens is 388 g/mol. The minimum Gasteiger partial charge on any atom is -0.465 e. The van der Waals surface area contributed by atoms with Crippen LogP contribution in [-0.4, -0.2) is 32.8 Å². The number of carbonyl (C=O) groups excluding carboxylic acids is 1. The van der Waals surface area contributed by atoms with Crippen molar-refractivity contribution >= 4 is 28.8 Å². The number of benzene rings is 2. The summed E-state index contributed by atoms with van der Waals surface area (Å²) in [5.74, 6) is 0.221. The van der Waals surface area contributed by atoms with Gasteiger partial charge in [-0.25, -0.2) is 14.5 Å². The quantitative estimate of drug-likeness (QED) is 0.310. The summed E-state index contributed by atoms with van der Waals surface area (Å²) in [4.78, 5) is 31.4. The number of carbonyl (C=O) groups is 1. The summed E-state index contributed by atoms with van der Waals surface area (Å²) >= 11 is 1.41. The van der Waals surface area contributed by atoms with E-state index < -0.39 is 0 Å². The number of H-pyrrole nitrogens is 1. The molecule has 0 radical (unpaired) electrons. The number of rotatable bonds is 5. The predicted molar refractivity (Wildman–Crippen MR) is 112 cm³/mol. The summed E-state index contributed by atoms with van der Waals surface area (Å²) in [6, 6.07) is 15.0. The molecule has 0 unspecified atom stereocenters. The van der Waals surface area contributed by atoms with Crippen LogP contribution in [0.2, 0.25) is 0 Å². The molecule has 4 aromatic rings. The first kappa shape index (κ1) is 18.9. The average Bonchev–Trinajstić information content (AvgIpc) is 3.17. The van der Waals surface area contributed by atoms with Crippen molar-refractivity contribution in [3.63, 3.8) is 0 Å². The third-order valence-corrected chi connectivity index (χ3v) is 5.36. The van der Waals surface area contributed by atoms with Gasteiger partial charge in [0.05, 0.1) is 24.6 Å². The molecule has 7 nitrogen and oxygen atoms in total. The Hall–Kier alpha value is -3.39. The predicted octanol–water partition coefficient (Wildman–Crippen LogP) is 3.50. The number of esters is 1. The minimum atomic E-state index is -0.370. The lowest BCUT2D eigenvalue weighted by molar-refractivity contribution is 0.0600. The Kier molecular flexibility index (Phi) is 5.18. The SMILES string of the molecule is COC(=O)c1ccc(CSc2nc3c(cnn3-c3cccc(C)c3)c(=O)[nH]2)cc1. The van der Waals surface area contributed by atoms with Crippen LogP contribution in [0.25, 0.3) is 16.7 Å². The Labute approximate surface area is 170 Å². The van der Waals surface area contributed by atoms with Crippen LogP contribution in [0, 0.1) is 6.92 Å². The van der Waals surface area contributed by atoms with Gasteiger partial charge in [0.1, 0.15) is 5.39 Å². The number of aryl methyl sites for hydroxylation is 1. The van der Waals surface area contributed by atoms with Crippen LogP contribution in [0.15, 0.2) is 64.7 Å². The zero-order valence-electron chi connectivity index (χ0n) is 15.9. The molecule has 0 aliphatic carbocycles. The van der Waals surface area contributed by atoms with E-state index in [1.54, 1.807) is 16.8 Å². The molecule has 2 aromatic heterocycles. The van der Waals surface area contributed by atoms with Crippen molar-refractivity contribution in [1.29, 1.82) is 0 Å². The lowest BCUT2D eigenvalue weighted by Gasteiger charge is -2.06. The number of nitrogens with one attached hydrogen (secondary N) is 1. The molecule has 0 saturated carbocycles. The van der Waals surface area contributed by atoms with Crippen LogP contribution < -0.4 is 5.56 Å². The standard InChI is InChI=1S/C21H18N4O3S/c1-13-4-3-5-16(10-13)25-18-17(11-22-25)19(26)24-21(23-18)29-12-14-6-8-15(9-7-14)20(27)28-2/h3-11H,12H2,1-2H3,(H,23,24,26). The zero-order chi connectivity index (χ0) is 20.4. The highest BCUT2D eigenvalue weighted by Crippen LogP contribution is 2.22. The molecule has 0 spiro atoms. The van der Waals surface area contributed by atoms with Gasteiger partial charge in [-0.3, -0.25) is 4.79 Å². The van der Waals surface area contributed by atoms with Crippen LogP contribution in [0.4, 0.5) is 0 Å². The van der Waals surface area contributed by atoms with Crippen molar-refractivity contribution in [1.82, 2.24) is 19.7 Å². The number of ether oxygens (including phenoxy) is 1. The van der Waals surface area contributed by atoms with E-state index in [0.717, 1.165) is 16.8 Å². The molecule has 8 heteroatoms. The van der Waals surface area contributed by atoms with Crippen molar-refractivity contribution in [3.8, 4) is 5.69 Å². The maximum Gasteiger partial charge on any atom is 0.337 e. The number of hydrogen-bond donors (Lipinski definition) is 1. The van der Waals surface area contributed by atoms with Gasteiger partial charge in [-0.15, -0.1) is 0 Å². The summed E-state index contributed by atoms with van der Waals surface area (Å²) in [5, 5.41) is 5.29. The Morgan fingerprint density at radius 1 is 1.21 bits per heavy atom. The van der Waals surface area contributed by atoms with Gasteiger partial charge in [-0.05, 0) is 42.3 Å². The number of aromatic amines is 1. The second-order valence-corrected chi connectivity index (χ2v) is 7.44. The molecule has 0 amide bonds. The van der Waals surface area contributed by atoms with Crippen LogP contribution in [0.1, 0.15) is 21.5 Å². The van der Waals surface area contributed by atoms with E-state index in [9.17, 15) is 9.59 Å². The fraction of sp³-hybridized carbons (Fsp3) is 0.143. The highest BCUT2D eigenvalue weighted by atomic mass is 32.2. The number of aromatic nitrogens is 4. The highest BCUT2D eigenvalue weighted by molar-refractivity contribution is 7.98. The van der Waals surface area contributed by atoms with E-state index in [1.165, 1.54) is 25.1 Å². The first-order valence-corrected chi connectivity index (χ1v) is 9.89. The first-order valence-electron chi connectivity index (χ1n) is 8.90. The van der Waals surface area contributed by atoms with Crippen LogP contribution in [0.5, 0.6) is 0 Å². The van der Waals surface area contributed by atoms with Gasteiger partial charge in [-0.2, -0.15) is 5.10 Å². The molecule has 29 heavy (non-hydrogen) atoms. The molecular formula is C21H18N4O3S. The van der Waals surface area contributed by atoms with Crippen molar-refractivity contribution in [2.24, 2.45) is 0 Å². The molecule has 0 saturated heterocycles. The lowest BCUT2D eigenvalue weighted by atomic mass is 10.1. The third-order valence-electron chi connectivity index (χ3n) is 4.41. The Morgan fingerprint density at radius 3 is 2.72 bits per heavy atom. The van der Waals surface area contributed by atoms with Crippen LogP contribution in [0.3, 0.4) is 0 Å². The summed E-state index contributed by atoms with van der Waals surface area (Å²) in [7, 11) is 1.35.